The summed E-state index contributed by atoms with van der Waals surface area (Å²) in [5.41, 5.74) is 5.76. The number of hydrogen-bond acceptors (Lipinski definition) is 2. The van der Waals surface area contributed by atoms with Gasteiger partial charge in [0.1, 0.15) is 0 Å². The van der Waals surface area contributed by atoms with Crippen molar-refractivity contribution in [3.05, 3.63) is 0 Å². The van der Waals surface area contributed by atoms with Crippen molar-refractivity contribution in [1.29, 1.82) is 0 Å². The lowest BCUT2D eigenvalue weighted by Gasteiger charge is -2.32. The standard InChI is InChI=1S/C12H23N3O/c1-14(11-6-4-5-10(11)9-13)12(16)15-7-2-3-8-15/h10-11H,2-9,13H2,1H3. The molecule has 1 aliphatic heterocycles. The first kappa shape index (κ1) is 11.7. The number of nitrogens with two attached hydrogens (primary N) is 1. The molecular formula is C12H23N3O. The average molecular weight is 225 g/mol. The quantitative estimate of drug-likeness (QED) is 0.769. The molecule has 0 aromatic rings. The molecule has 2 unspecified atom stereocenters. The first-order chi connectivity index (χ1) is 7.74. The highest BCUT2D eigenvalue weighted by atomic mass is 16.2. The maximum Gasteiger partial charge on any atom is 0.319 e. The predicted molar refractivity (Wildman–Crippen MR) is 64.1 cm³/mol. The molecule has 2 atom stereocenters. The SMILES string of the molecule is CN(C(=O)N1CCCC1)C1CCCC1CN. The Kier molecular flexibility index (Phi) is 3.69. The summed E-state index contributed by atoms with van der Waals surface area (Å²) in [5.74, 6) is 0.511. The first-order valence-electron chi connectivity index (χ1n) is 6.46. The summed E-state index contributed by atoms with van der Waals surface area (Å²) >= 11 is 0. The summed E-state index contributed by atoms with van der Waals surface area (Å²) in [5, 5.41) is 0. The molecule has 2 fully saturated rings. The molecule has 0 bridgehead atoms. The highest BCUT2D eigenvalue weighted by Gasteiger charge is 2.33. The van der Waals surface area contributed by atoms with Gasteiger partial charge in [0.2, 0.25) is 0 Å². The number of amides is 2. The largest absolute Gasteiger partial charge is 0.330 e. The van der Waals surface area contributed by atoms with Gasteiger partial charge in [-0.3, -0.25) is 0 Å². The van der Waals surface area contributed by atoms with Crippen LogP contribution in [0.1, 0.15) is 32.1 Å². The molecule has 4 heteroatoms. The molecular weight excluding hydrogens is 202 g/mol. The maximum atomic E-state index is 12.2. The number of urea groups is 1. The van der Waals surface area contributed by atoms with Crippen LogP contribution in [0, 0.1) is 5.92 Å². The molecule has 16 heavy (non-hydrogen) atoms. The van der Waals surface area contributed by atoms with Crippen LogP contribution in [0.2, 0.25) is 0 Å². The second kappa shape index (κ2) is 5.04. The fourth-order valence-corrected chi connectivity index (χ4v) is 3.08. The Morgan fingerprint density at radius 2 is 2.00 bits per heavy atom. The Morgan fingerprint density at radius 1 is 1.31 bits per heavy atom. The van der Waals surface area contributed by atoms with E-state index in [0.717, 1.165) is 32.4 Å². The number of likely N-dealkylation sites (tertiary alicyclic amines) is 1. The van der Waals surface area contributed by atoms with Gasteiger partial charge in [-0.1, -0.05) is 6.42 Å². The van der Waals surface area contributed by atoms with Crippen LogP contribution < -0.4 is 5.73 Å². The van der Waals surface area contributed by atoms with E-state index in [4.69, 9.17) is 5.73 Å². The van der Waals surface area contributed by atoms with Gasteiger partial charge in [-0.2, -0.15) is 0 Å². The normalized spacial score (nSPS) is 29.8. The van der Waals surface area contributed by atoms with E-state index < -0.39 is 0 Å². The van der Waals surface area contributed by atoms with Crippen molar-refractivity contribution >= 4 is 6.03 Å². The van der Waals surface area contributed by atoms with Gasteiger partial charge in [-0.05, 0) is 38.1 Å². The third kappa shape index (κ3) is 2.17. The average Bonchev–Trinajstić information content (AvgIpc) is 2.97. The first-order valence-corrected chi connectivity index (χ1v) is 6.46. The number of hydrogen-bond donors (Lipinski definition) is 1. The van der Waals surface area contributed by atoms with Crippen molar-refractivity contribution in [2.75, 3.05) is 26.7 Å². The van der Waals surface area contributed by atoms with E-state index in [1.807, 2.05) is 16.8 Å². The summed E-state index contributed by atoms with van der Waals surface area (Å²) < 4.78 is 0. The number of rotatable bonds is 2. The van der Waals surface area contributed by atoms with Gasteiger partial charge in [-0.15, -0.1) is 0 Å². The van der Waals surface area contributed by atoms with Crippen molar-refractivity contribution in [2.45, 2.75) is 38.1 Å². The molecule has 2 amide bonds. The highest BCUT2D eigenvalue weighted by Crippen LogP contribution is 2.29. The summed E-state index contributed by atoms with van der Waals surface area (Å²) in [6.07, 6.45) is 5.83. The van der Waals surface area contributed by atoms with Crippen LogP contribution >= 0.6 is 0 Å². The van der Waals surface area contributed by atoms with Crippen LogP contribution in [0.4, 0.5) is 4.79 Å². The molecule has 4 nitrogen and oxygen atoms in total. The molecule has 1 heterocycles. The molecule has 1 saturated heterocycles. The maximum absolute atomic E-state index is 12.2. The fraction of sp³-hybridized carbons (Fsp3) is 0.917. The molecule has 2 aliphatic rings. The zero-order valence-corrected chi connectivity index (χ0v) is 10.2. The van der Waals surface area contributed by atoms with E-state index >= 15 is 0 Å². The van der Waals surface area contributed by atoms with Gasteiger partial charge in [0.25, 0.3) is 0 Å². The second-order valence-electron chi connectivity index (χ2n) is 5.08. The van der Waals surface area contributed by atoms with Gasteiger partial charge in [0.05, 0.1) is 0 Å². The lowest BCUT2D eigenvalue weighted by atomic mass is 10.0. The Hall–Kier alpha value is -0.770. The van der Waals surface area contributed by atoms with Gasteiger partial charge < -0.3 is 15.5 Å². The van der Waals surface area contributed by atoms with Crippen LogP contribution in [0.5, 0.6) is 0 Å². The number of carbonyl (C=O) groups is 1. The van der Waals surface area contributed by atoms with Gasteiger partial charge >= 0.3 is 6.03 Å². The van der Waals surface area contributed by atoms with Crippen LogP contribution in [0.15, 0.2) is 0 Å². The van der Waals surface area contributed by atoms with Crippen molar-refractivity contribution in [3.63, 3.8) is 0 Å². The minimum atomic E-state index is 0.211. The Bertz CT molecular complexity index is 251. The molecule has 0 aromatic heterocycles. The van der Waals surface area contributed by atoms with E-state index in [0.29, 0.717) is 18.5 Å². The Morgan fingerprint density at radius 3 is 2.62 bits per heavy atom. The van der Waals surface area contributed by atoms with Crippen LogP contribution in [0.3, 0.4) is 0 Å². The summed E-state index contributed by atoms with van der Waals surface area (Å²) in [6, 6.07) is 0.584. The van der Waals surface area contributed by atoms with Gasteiger partial charge in [0.15, 0.2) is 0 Å². The minimum absolute atomic E-state index is 0.211. The molecule has 92 valence electrons. The number of carbonyl (C=O) groups excluding carboxylic acids is 1. The van der Waals surface area contributed by atoms with Gasteiger partial charge in [-0.25, -0.2) is 4.79 Å². The zero-order valence-electron chi connectivity index (χ0n) is 10.2. The fourth-order valence-electron chi connectivity index (χ4n) is 3.08. The lowest BCUT2D eigenvalue weighted by molar-refractivity contribution is 0.145. The molecule has 2 rings (SSSR count). The van der Waals surface area contributed by atoms with E-state index in [1.165, 1.54) is 12.8 Å². The monoisotopic (exact) mass is 225 g/mol. The molecule has 0 radical (unpaired) electrons. The van der Waals surface area contributed by atoms with E-state index in [2.05, 4.69) is 0 Å². The third-order valence-corrected chi connectivity index (χ3v) is 4.10. The van der Waals surface area contributed by atoms with Crippen molar-refractivity contribution < 1.29 is 4.79 Å². The topological polar surface area (TPSA) is 49.6 Å². The van der Waals surface area contributed by atoms with E-state index in [9.17, 15) is 4.79 Å². The van der Waals surface area contributed by atoms with Gasteiger partial charge in [0, 0.05) is 26.2 Å². The van der Waals surface area contributed by atoms with E-state index in [-0.39, 0.29) is 6.03 Å². The smallest absolute Gasteiger partial charge is 0.319 e. The van der Waals surface area contributed by atoms with Crippen LogP contribution in [0.25, 0.3) is 0 Å². The Labute approximate surface area is 97.8 Å². The highest BCUT2D eigenvalue weighted by molar-refractivity contribution is 5.74. The predicted octanol–water partition coefficient (Wildman–Crippen LogP) is 1.26. The zero-order chi connectivity index (χ0) is 11.5. The summed E-state index contributed by atoms with van der Waals surface area (Å²) in [4.78, 5) is 16.1. The third-order valence-electron chi connectivity index (χ3n) is 4.10. The van der Waals surface area contributed by atoms with Crippen LogP contribution in [-0.2, 0) is 0 Å². The van der Waals surface area contributed by atoms with Crippen molar-refractivity contribution in [2.24, 2.45) is 11.7 Å². The molecule has 0 spiro atoms. The minimum Gasteiger partial charge on any atom is -0.330 e. The van der Waals surface area contributed by atoms with E-state index in [1.54, 1.807) is 0 Å². The molecule has 1 saturated carbocycles. The molecule has 1 aliphatic carbocycles. The number of nitrogens with zero attached hydrogens (tertiary/aromatic N) is 2. The second-order valence-corrected chi connectivity index (χ2v) is 5.08. The molecule has 2 N–H and O–H groups in total. The summed E-state index contributed by atoms with van der Waals surface area (Å²) in [6.45, 7) is 2.58. The van der Waals surface area contributed by atoms with Crippen molar-refractivity contribution in [3.8, 4) is 0 Å². The molecule has 0 aromatic carbocycles. The summed E-state index contributed by atoms with van der Waals surface area (Å²) in [7, 11) is 1.94. The lowest BCUT2D eigenvalue weighted by Crippen LogP contribution is -2.47. The van der Waals surface area contributed by atoms with Crippen molar-refractivity contribution in [1.82, 2.24) is 9.80 Å². The van der Waals surface area contributed by atoms with Crippen LogP contribution in [-0.4, -0.2) is 48.6 Å². The Balaban J connectivity index is 1.94.